The molecule has 0 spiro atoms. The minimum absolute atomic E-state index is 0.0214. The molecule has 3 aromatic carbocycles. The van der Waals surface area contributed by atoms with Crippen molar-refractivity contribution in [2.24, 2.45) is 0 Å². The molecular weight excluding hydrogens is 480 g/mol. The van der Waals surface area contributed by atoms with Gasteiger partial charge >= 0.3 is 12.1 Å². The molecule has 0 amide bonds. The second-order valence-corrected chi connectivity index (χ2v) is 7.89. The smallest absolute Gasteiger partial charge is 0.416 e. The number of esters is 1. The highest BCUT2D eigenvalue weighted by atomic mass is 19.4. The minimum atomic E-state index is -4.44. The summed E-state index contributed by atoms with van der Waals surface area (Å²) >= 11 is 0. The molecule has 192 valence electrons. The second-order valence-electron chi connectivity index (χ2n) is 7.89. The molecule has 0 saturated heterocycles. The quantitative estimate of drug-likeness (QED) is 0.231. The van der Waals surface area contributed by atoms with Gasteiger partial charge in [-0.3, -0.25) is 0 Å². The molecule has 0 aromatic heterocycles. The summed E-state index contributed by atoms with van der Waals surface area (Å²) in [6, 6.07) is 13.8. The van der Waals surface area contributed by atoms with Crippen LogP contribution in [-0.4, -0.2) is 32.9 Å². The van der Waals surface area contributed by atoms with E-state index in [4.69, 9.17) is 18.9 Å². The van der Waals surface area contributed by atoms with Crippen LogP contribution >= 0.6 is 0 Å². The van der Waals surface area contributed by atoms with Crippen molar-refractivity contribution in [1.29, 1.82) is 0 Å². The number of carbonyl (C=O) groups is 1. The third-order valence-electron chi connectivity index (χ3n) is 5.28. The Balaban J connectivity index is 1.82. The van der Waals surface area contributed by atoms with Gasteiger partial charge in [0.15, 0.2) is 6.61 Å². The van der Waals surface area contributed by atoms with Gasteiger partial charge in [-0.1, -0.05) is 18.2 Å². The largest absolute Gasteiger partial charge is 0.483 e. The highest BCUT2D eigenvalue weighted by Gasteiger charge is 2.30. The standard InChI is InChI=1S/C27H26F4O5/c1-4-34-26(32)16-35-24-12-10-21(13-17(24)2)36-25(15-33-3)22-14-19(7-11-23(22)28)18-5-8-20(9-6-18)27(29,30)31/h5-14,25H,4,15-16H2,1-3H3. The number of aryl methyl sites for hydroxylation is 1. The second kappa shape index (κ2) is 11.9. The first kappa shape index (κ1) is 27.0. The number of ether oxygens (including phenoxy) is 4. The van der Waals surface area contributed by atoms with Gasteiger partial charge in [0.1, 0.15) is 23.4 Å². The Morgan fingerprint density at radius 2 is 1.67 bits per heavy atom. The molecule has 9 heteroatoms. The van der Waals surface area contributed by atoms with Crippen molar-refractivity contribution in [3.8, 4) is 22.6 Å². The zero-order valence-corrected chi connectivity index (χ0v) is 20.0. The fraction of sp³-hybridized carbons (Fsp3) is 0.296. The summed E-state index contributed by atoms with van der Waals surface area (Å²) in [5, 5.41) is 0. The average Bonchev–Trinajstić information content (AvgIpc) is 2.83. The number of hydrogen-bond acceptors (Lipinski definition) is 5. The summed E-state index contributed by atoms with van der Waals surface area (Å²) in [6.45, 7) is 3.51. The Morgan fingerprint density at radius 3 is 2.28 bits per heavy atom. The van der Waals surface area contributed by atoms with E-state index in [2.05, 4.69) is 0 Å². The van der Waals surface area contributed by atoms with Crippen molar-refractivity contribution >= 4 is 5.97 Å². The van der Waals surface area contributed by atoms with Crippen LogP contribution in [0.25, 0.3) is 11.1 Å². The molecule has 0 fully saturated rings. The Labute approximate surface area is 206 Å². The van der Waals surface area contributed by atoms with E-state index in [1.807, 2.05) is 0 Å². The highest BCUT2D eigenvalue weighted by Crippen LogP contribution is 2.33. The predicted octanol–water partition coefficient (Wildman–Crippen LogP) is 6.53. The fourth-order valence-corrected chi connectivity index (χ4v) is 3.52. The fourth-order valence-electron chi connectivity index (χ4n) is 3.52. The van der Waals surface area contributed by atoms with Crippen molar-refractivity contribution in [2.75, 3.05) is 26.9 Å². The molecule has 0 aliphatic rings. The number of hydrogen-bond donors (Lipinski definition) is 0. The number of carbonyl (C=O) groups excluding carboxylic acids is 1. The SMILES string of the molecule is CCOC(=O)COc1ccc(OC(COC)c2cc(-c3ccc(C(F)(F)F)cc3)ccc2F)cc1C. The van der Waals surface area contributed by atoms with Crippen LogP contribution in [0, 0.1) is 12.7 Å². The van der Waals surface area contributed by atoms with Crippen LogP contribution in [0.15, 0.2) is 60.7 Å². The van der Waals surface area contributed by atoms with Gasteiger partial charge < -0.3 is 18.9 Å². The van der Waals surface area contributed by atoms with Gasteiger partial charge in [0.2, 0.25) is 0 Å². The van der Waals surface area contributed by atoms with E-state index in [-0.39, 0.29) is 25.4 Å². The van der Waals surface area contributed by atoms with Crippen LogP contribution in [0.4, 0.5) is 17.6 Å². The molecule has 0 bridgehead atoms. The predicted molar refractivity (Wildman–Crippen MR) is 125 cm³/mol. The van der Waals surface area contributed by atoms with E-state index in [9.17, 15) is 22.4 Å². The highest BCUT2D eigenvalue weighted by molar-refractivity contribution is 5.71. The number of rotatable bonds is 10. The lowest BCUT2D eigenvalue weighted by atomic mass is 9.99. The maximum Gasteiger partial charge on any atom is 0.416 e. The first-order chi connectivity index (χ1) is 17.1. The zero-order chi connectivity index (χ0) is 26.3. The Hall–Kier alpha value is -3.59. The summed E-state index contributed by atoms with van der Waals surface area (Å²) in [6.07, 6.45) is -5.28. The van der Waals surface area contributed by atoms with Gasteiger partial charge in [-0.25, -0.2) is 9.18 Å². The van der Waals surface area contributed by atoms with E-state index in [0.29, 0.717) is 28.2 Å². The van der Waals surface area contributed by atoms with E-state index in [1.165, 1.54) is 37.4 Å². The van der Waals surface area contributed by atoms with Crippen LogP contribution in [0.3, 0.4) is 0 Å². The van der Waals surface area contributed by atoms with Gasteiger partial charge in [0, 0.05) is 12.7 Å². The van der Waals surface area contributed by atoms with Crippen molar-refractivity contribution < 1.29 is 41.3 Å². The molecule has 3 aromatic rings. The molecule has 1 unspecified atom stereocenters. The Kier molecular flexibility index (Phi) is 8.93. The van der Waals surface area contributed by atoms with E-state index in [1.54, 1.807) is 32.0 Å². The lowest BCUT2D eigenvalue weighted by Crippen LogP contribution is -2.16. The molecule has 3 rings (SSSR count). The molecule has 5 nitrogen and oxygen atoms in total. The molecular formula is C27H26F4O5. The van der Waals surface area contributed by atoms with Crippen molar-refractivity contribution in [2.45, 2.75) is 26.1 Å². The van der Waals surface area contributed by atoms with Gasteiger partial charge in [-0.05, 0) is 73.0 Å². The molecule has 0 radical (unpaired) electrons. The molecule has 0 N–H and O–H groups in total. The summed E-state index contributed by atoms with van der Waals surface area (Å²) in [4.78, 5) is 11.5. The minimum Gasteiger partial charge on any atom is -0.483 e. The molecule has 0 aliphatic carbocycles. The lowest BCUT2D eigenvalue weighted by molar-refractivity contribution is -0.145. The Morgan fingerprint density at radius 1 is 0.972 bits per heavy atom. The summed E-state index contributed by atoms with van der Waals surface area (Å²) < 4.78 is 75.1. The van der Waals surface area contributed by atoms with Gasteiger partial charge in [0.05, 0.1) is 18.8 Å². The summed E-state index contributed by atoms with van der Waals surface area (Å²) in [5.74, 6) is -0.147. The maximum absolute atomic E-state index is 14.8. The van der Waals surface area contributed by atoms with E-state index < -0.39 is 29.6 Å². The first-order valence-electron chi connectivity index (χ1n) is 11.1. The molecule has 0 saturated carbocycles. The van der Waals surface area contributed by atoms with E-state index >= 15 is 0 Å². The lowest BCUT2D eigenvalue weighted by Gasteiger charge is -2.21. The van der Waals surface area contributed by atoms with Crippen LogP contribution in [0.5, 0.6) is 11.5 Å². The van der Waals surface area contributed by atoms with Crippen LogP contribution in [0.1, 0.15) is 29.7 Å². The van der Waals surface area contributed by atoms with Crippen molar-refractivity contribution in [1.82, 2.24) is 0 Å². The van der Waals surface area contributed by atoms with Gasteiger partial charge in [-0.2, -0.15) is 13.2 Å². The molecule has 0 heterocycles. The summed E-state index contributed by atoms with van der Waals surface area (Å²) in [5.41, 5.74) is 1.14. The van der Waals surface area contributed by atoms with E-state index in [0.717, 1.165) is 12.1 Å². The van der Waals surface area contributed by atoms with Crippen molar-refractivity contribution in [3.05, 3.63) is 83.2 Å². The van der Waals surface area contributed by atoms with Crippen molar-refractivity contribution in [3.63, 3.8) is 0 Å². The normalized spacial score (nSPS) is 12.2. The molecule has 36 heavy (non-hydrogen) atoms. The summed E-state index contributed by atoms with van der Waals surface area (Å²) in [7, 11) is 1.45. The molecule has 1 atom stereocenters. The van der Waals surface area contributed by atoms with Gasteiger partial charge in [-0.15, -0.1) is 0 Å². The third-order valence-corrected chi connectivity index (χ3v) is 5.28. The van der Waals surface area contributed by atoms with Gasteiger partial charge in [0.25, 0.3) is 0 Å². The maximum atomic E-state index is 14.8. The topological polar surface area (TPSA) is 54.0 Å². The average molecular weight is 506 g/mol. The number of alkyl halides is 3. The van der Waals surface area contributed by atoms with Crippen LogP contribution in [0.2, 0.25) is 0 Å². The number of benzene rings is 3. The third kappa shape index (κ3) is 6.97. The number of methoxy groups -OCH3 is 1. The Bertz CT molecular complexity index is 1180. The number of halogens is 4. The van der Waals surface area contributed by atoms with Crippen LogP contribution in [-0.2, 0) is 20.4 Å². The van der Waals surface area contributed by atoms with Crippen LogP contribution < -0.4 is 9.47 Å². The first-order valence-corrected chi connectivity index (χ1v) is 11.1. The monoisotopic (exact) mass is 506 g/mol. The molecule has 0 aliphatic heterocycles. The zero-order valence-electron chi connectivity index (χ0n) is 20.0.